The zero-order valence-electron chi connectivity index (χ0n) is 6.83. The largest absolute Gasteiger partial charge is 0.481 e. The van der Waals surface area contributed by atoms with Gasteiger partial charge in [0.15, 0.2) is 0 Å². The van der Waals surface area contributed by atoms with Crippen molar-refractivity contribution >= 4 is 28.6 Å². The standard InChI is InChI=1S/C7H9IN2O2/c1-4-7(8)5(3-6(11)12)9-10(4)2/h3H2,1-2H3,(H,11,12). The summed E-state index contributed by atoms with van der Waals surface area (Å²) >= 11 is 2.11. The second-order valence-electron chi connectivity index (χ2n) is 2.54. The van der Waals surface area contributed by atoms with Crippen LogP contribution in [-0.2, 0) is 18.3 Å². The van der Waals surface area contributed by atoms with Gasteiger partial charge in [-0.05, 0) is 29.5 Å². The second-order valence-corrected chi connectivity index (χ2v) is 3.62. The Kier molecular flexibility index (Phi) is 2.71. The molecule has 0 atom stereocenters. The quantitative estimate of drug-likeness (QED) is 0.821. The Morgan fingerprint density at radius 2 is 2.33 bits per heavy atom. The van der Waals surface area contributed by atoms with Gasteiger partial charge in [-0.3, -0.25) is 9.48 Å². The van der Waals surface area contributed by atoms with E-state index in [2.05, 4.69) is 27.7 Å². The van der Waals surface area contributed by atoms with Crippen molar-refractivity contribution in [2.75, 3.05) is 0 Å². The van der Waals surface area contributed by atoms with E-state index in [1.54, 1.807) is 4.68 Å². The summed E-state index contributed by atoms with van der Waals surface area (Å²) < 4.78 is 2.64. The van der Waals surface area contributed by atoms with E-state index < -0.39 is 5.97 Å². The van der Waals surface area contributed by atoms with Crippen LogP contribution < -0.4 is 0 Å². The summed E-state index contributed by atoms with van der Waals surface area (Å²) in [6.07, 6.45) is -0.0000463. The van der Waals surface area contributed by atoms with E-state index in [1.807, 2.05) is 14.0 Å². The van der Waals surface area contributed by atoms with Crippen LogP contribution in [-0.4, -0.2) is 20.9 Å². The van der Waals surface area contributed by atoms with Crippen LogP contribution in [0.5, 0.6) is 0 Å². The fourth-order valence-corrected chi connectivity index (χ4v) is 1.55. The molecule has 1 aromatic heterocycles. The molecule has 0 saturated carbocycles. The minimum Gasteiger partial charge on any atom is -0.481 e. The molecule has 1 rings (SSSR count). The van der Waals surface area contributed by atoms with Crippen molar-refractivity contribution in [2.45, 2.75) is 13.3 Å². The molecule has 0 aromatic carbocycles. The van der Waals surface area contributed by atoms with Crippen LogP contribution in [0.3, 0.4) is 0 Å². The molecule has 0 saturated heterocycles. The number of hydrogen-bond acceptors (Lipinski definition) is 2. The first kappa shape index (κ1) is 9.50. The fraction of sp³-hybridized carbons (Fsp3) is 0.429. The second kappa shape index (κ2) is 3.42. The molecular formula is C7H9IN2O2. The van der Waals surface area contributed by atoms with Crippen molar-refractivity contribution in [3.8, 4) is 0 Å². The van der Waals surface area contributed by atoms with Crippen molar-refractivity contribution in [1.29, 1.82) is 0 Å². The van der Waals surface area contributed by atoms with Gasteiger partial charge in [-0.25, -0.2) is 0 Å². The first-order chi connectivity index (χ1) is 5.52. The SMILES string of the molecule is Cc1c(I)c(CC(=O)O)nn1C. The highest BCUT2D eigenvalue weighted by atomic mass is 127. The molecule has 0 fully saturated rings. The number of halogens is 1. The van der Waals surface area contributed by atoms with E-state index in [4.69, 9.17) is 5.11 Å². The third-order valence-electron chi connectivity index (χ3n) is 1.65. The van der Waals surface area contributed by atoms with Crippen LogP contribution in [0.2, 0.25) is 0 Å². The number of rotatable bonds is 2. The molecule has 1 N–H and O–H groups in total. The normalized spacial score (nSPS) is 10.2. The molecule has 5 heteroatoms. The zero-order chi connectivity index (χ0) is 9.30. The molecule has 1 heterocycles. The van der Waals surface area contributed by atoms with Crippen molar-refractivity contribution in [3.05, 3.63) is 15.0 Å². The maximum atomic E-state index is 10.4. The van der Waals surface area contributed by atoms with E-state index in [0.717, 1.165) is 9.26 Å². The lowest BCUT2D eigenvalue weighted by Gasteiger charge is -1.90. The number of aryl methyl sites for hydroxylation is 1. The summed E-state index contributed by atoms with van der Waals surface area (Å²) in [5.41, 5.74) is 1.65. The topological polar surface area (TPSA) is 55.1 Å². The van der Waals surface area contributed by atoms with E-state index in [9.17, 15) is 4.79 Å². The Morgan fingerprint density at radius 3 is 2.67 bits per heavy atom. The van der Waals surface area contributed by atoms with Crippen molar-refractivity contribution in [3.63, 3.8) is 0 Å². The first-order valence-corrected chi connectivity index (χ1v) is 4.50. The maximum Gasteiger partial charge on any atom is 0.309 e. The van der Waals surface area contributed by atoms with Gasteiger partial charge >= 0.3 is 5.97 Å². The Labute approximate surface area is 83.7 Å². The van der Waals surface area contributed by atoms with Crippen LogP contribution >= 0.6 is 22.6 Å². The van der Waals surface area contributed by atoms with Gasteiger partial charge in [0, 0.05) is 12.7 Å². The highest BCUT2D eigenvalue weighted by Crippen LogP contribution is 2.15. The Bertz CT molecular complexity index is 319. The summed E-state index contributed by atoms with van der Waals surface area (Å²) in [7, 11) is 1.81. The summed E-state index contributed by atoms with van der Waals surface area (Å²) in [5.74, 6) is -0.842. The van der Waals surface area contributed by atoms with Crippen LogP contribution in [0.1, 0.15) is 11.4 Å². The van der Waals surface area contributed by atoms with Gasteiger partial charge in [-0.15, -0.1) is 0 Å². The number of aromatic nitrogens is 2. The highest BCUT2D eigenvalue weighted by Gasteiger charge is 2.12. The lowest BCUT2D eigenvalue weighted by molar-refractivity contribution is -0.136. The number of carboxylic acids is 1. The lowest BCUT2D eigenvalue weighted by atomic mass is 10.3. The minimum absolute atomic E-state index is 0.0000463. The zero-order valence-corrected chi connectivity index (χ0v) is 8.99. The van der Waals surface area contributed by atoms with E-state index in [0.29, 0.717) is 5.69 Å². The molecule has 1 aromatic rings. The van der Waals surface area contributed by atoms with Gasteiger partial charge in [-0.1, -0.05) is 0 Å². The number of carboxylic acid groups (broad SMARTS) is 1. The molecule has 0 aliphatic rings. The highest BCUT2D eigenvalue weighted by molar-refractivity contribution is 14.1. The van der Waals surface area contributed by atoms with Gasteiger partial charge in [0.2, 0.25) is 0 Å². The third kappa shape index (κ3) is 1.77. The van der Waals surface area contributed by atoms with Crippen LogP contribution in [0.4, 0.5) is 0 Å². The summed E-state index contributed by atoms with van der Waals surface area (Å²) in [5, 5.41) is 12.6. The molecule has 0 radical (unpaired) electrons. The minimum atomic E-state index is -0.842. The predicted octanol–water partition coefficient (Wildman–Crippen LogP) is 0.960. The van der Waals surface area contributed by atoms with E-state index in [1.165, 1.54) is 0 Å². The van der Waals surface area contributed by atoms with E-state index >= 15 is 0 Å². The summed E-state index contributed by atoms with van der Waals surface area (Å²) in [6, 6.07) is 0. The van der Waals surface area contributed by atoms with Gasteiger partial charge in [0.05, 0.1) is 15.7 Å². The number of hydrogen-bond donors (Lipinski definition) is 1. The van der Waals surface area contributed by atoms with Crippen molar-refractivity contribution in [2.24, 2.45) is 7.05 Å². The molecule has 12 heavy (non-hydrogen) atoms. The summed E-state index contributed by atoms with van der Waals surface area (Å²) in [4.78, 5) is 10.4. The van der Waals surface area contributed by atoms with Crippen molar-refractivity contribution < 1.29 is 9.90 Å². The Hall–Kier alpha value is -0.590. The average Bonchev–Trinajstić information content (AvgIpc) is 2.17. The molecule has 0 unspecified atom stereocenters. The third-order valence-corrected chi connectivity index (χ3v) is 3.05. The number of carbonyl (C=O) groups is 1. The van der Waals surface area contributed by atoms with Gasteiger partial charge < -0.3 is 5.11 Å². The molecule has 4 nitrogen and oxygen atoms in total. The molecule has 0 spiro atoms. The summed E-state index contributed by atoms with van der Waals surface area (Å²) in [6.45, 7) is 1.92. The molecule has 0 bridgehead atoms. The van der Waals surface area contributed by atoms with Gasteiger partial charge in [0.25, 0.3) is 0 Å². The monoisotopic (exact) mass is 280 g/mol. The molecular weight excluding hydrogens is 271 g/mol. The van der Waals surface area contributed by atoms with Gasteiger partial charge in [0.1, 0.15) is 0 Å². The molecule has 0 aliphatic carbocycles. The predicted molar refractivity (Wildman–Crippen MR) is 52.0 cm³/mol. The Morgan fingerprint density at radius 1 is 1.75 bits per heavy atom. The molecule has 0 amide bonds. The molecule has 0 aliphatic heterocycles. The number of nitrogens with zero attached hydrogens (tertiary/aromatic N) is 2. The lowest BCUT2D eigenvalue weighted by Crippen LogP contribution is -2.02. The van der Waals surface area contributed by atoms with Gasteiger partial charge in [-0.2, -0.15) is 5.10 Å². The Balaban J connectivity index is 3.01. The smallest absolute Gasteiger partial charge is 0.309 e. The first-order valence-electron chi connectivity index (χ1n) is 3.42. The fourth-order valence-electron chi connectivity index (χ4n) is 0.907. The van der Waals surface area contributed by atoms with Crippen LogP contribution in [0.25, 0.3) is 0 Å². The average molecular weight is 280 g/mol. The number of aliphatic carboxylic acids is 1. The maximum absolute atomic E-state index is 10.4. The van der Waals surface area contributed by atoms with Crippen LogP contribution in [0, 0.1) is 10.5 Å². The van der Waals surface area contributed by atoms with Crippen molar-refractivity contribution in [1.82, 2.24) is 9.78 Å². The van der Waals surface area contributed by atoms with Crippen LogP contribution in [0.15, 0.2) is 0 Å². The van der Waals surface area contributed by atoms with E-state index in [-0.39, 0.29) is 6.42 Å². The molecule has 66 valence electrons.